The molecule has 2 aliphatic rings. The molecule has 2 aliphatic carbocycles. The molecule has 32 heavy (non-hydrogen) atoms. The maximum Gasteiger partial charge on any atom is 0.309 e. The number of ether oxygens (including phenoxy) is 1. The molecule has 2 bridgehead atoms. The maximum absolute atomic E-state index is 12.4. The second-order valence-corrected chi connectivity index (χ2v) is 8.41. The van der Waals surface area contributed by atoms with Crippen LogP contribution >= 0.6 is 0 Å². The molecule has 4 rings (SSSR count). The third-order valence-corrected chi connectivity index (χ3v) is 6.40. The third kappa shape index (κ3) is 5.07. The van der Waals surface area contributed by atoms with Gasteiger partial charge in [-0.2, -0.15) is 0 Å². The molecular weight excluding hydrogens is 404 g/mol. The van der Waals surface area contributed by atoms with Crippen LogP contribution in [0.3, 0.4) is 0 Å². The number of hydrogen-bond donors (Lipinski definition) is 0. The molecule has 2 aromatic rings. The van der Waals surface area contributed by atoms with Crippen LogP contribution in [0.1, 0.15) is 30.9 Å². The summed E-state index contributed by atoms with van der Waals surface area (Å²) in [5.41, 5.74) is 3.12. The topological polar surface area (TPSA) is 72.7 Å². The molecule has 3 unspecified atom stereocenters. The highest BCUT2D eigenvalue weighted by Crippen LogP contribution is 2.43. The van der Waals surface area contributed by atoms with Gasteiger partial charge in [0.05, 0.1) is 17.4 Å². The Bertz CT molecular complexity index is 1010. The molecule has 3 atom stereocenters. The first-order chi connectivity index (χ1) is 15.5. The van der Waals surface area contributed by atoms with Gasteiger partial charge in [0, 0.05) is 24.4 Å². The Hall–Kier alpha value is -3.41. The molecule has 166 valence electrons. The average Bonchev–Trinajstić information content (AvgIpc) is 3.45. The SMILES string of the molecule is CCN(CCOC(=O)C1CC2C=CC1C2)c1ccc(/C=C/c2ccc([N+](=O)[O-])cc2)cc1. The summed E-state index contributed by atoms with van der Waals surface area (Å²) < 4.78 is 5.60. The molecule has 0 N–H and O–H groups in total. The lowest BCUT2D eigenvalue weighted by Crippen LogP contribution is -2.30. The third-order valence-electron chi connectivity index (χ3n) is 6.40. The standard InChI is InChI=1S/C26H28N2O4/c1-2-27(15-16-32-26(29)25-18-21-5-10-22(25)17-21)23-11-6-19(7-12-23)3-4-20-8-13-24(14-9-20)28(30)31/h3-14,21-22,25H,2,15-18H2,1H3/b4-3+. The van der Waals surface area contributed by atoms with Crippen LogP contribution in [-0.2, 0) is 9.53 Å². The van der Waals surface area contributed by atoms with E-state index in [4.69, 9.17) is 4.74 Å². The number of rotatable bonds is 9. The quantitative estimate of drug-likeness (QED) is 0.176. The fraction of sp³-hybridized carbons (Fsp3) is 0.346. The molecule has 0 aromatic heterocycles. The van der Waals surface area contributed by atoms with E-state index in [2.05, 4.69) is 36.1 Å². The van der Waals surface area contributed by atoms with Gasteiger partial charge in [-0.25, -0.2) is 0 Å². The van der Waals surface area contributed by atoms with Crippen molar-refractivity contribution in [2.24, 2.45) is 17.8 Å². The Morgan fingerprint density at radius 2 is 1.72 bits per heavy atom. The van der Waals surface area contributed by atoms with E-state index in [-0.39, 0.29) is 17.6 Å². The molecule has 1 fully saturated rings. The number of likely N-dealkylation sites (N-methyl/N-ethyl adjacent to an activating group) is 1. The number of nitro benzene ring substituents is 1. The van der Waals surface area contributed by atoms with E-state index in [0.29, 0.717) is 25.0 Å². The number of allylic oxidation sites excluding steroid dienone is 2. The predicted octanol–water partition coefficient (Wildman–Crippen LogP) is 5.35. The summed E-state index contributed by atoms with van der Waals surface area (Å²) in [4.78, 5) is 24.9. The number of nitrogens with zero attached hydrogens (tertiary/aromatic N) is 2. The lowest BCUT2D eigenvalue weighted by atomic mass is 9.94. The Morgan fingerprint density at radius 1 is 1.06 bits per heavy atom. The minimum Gasteiger partial charge on any atom is -0.464 e. The molecule has 6 nitrogen and oxygen atoms in total. The Labute approximate surface area is 188 Å². The van der Waals surface area contributed by atoms with Crippen molar-refractivity contribution in [2.75, 3.05) is 24.6 Å². The highest BCUT2D eigenvalue weighted by molar-refractivity contribution is 5.74. The maximum atomic E-state index is 12.4. The second kappa shape index (κ2) is 9.81. The number of carbonyl (C=O) groups excluding carboxylic acids is 1. The van der Waals surface area contributed by atoms with Crippen molar-refractivity contribution in [2.45, 2.75) is 19.8 Å². The number of benzene rings is 2. The van der Waals surface area contributed by atoms with Gasteiger partial charge in [-0.3, -0.25) is 14.9 Å². The molecule has 0 saturated heterocycles. The molecule has 2 aromatic carbocycles. The van der Waals surface area contributed by atoms with E-state index >= 15 is 0 Å². The number of anilines is 1. The lowest BCUT2D eigenvalue weighted by Gasteiger charge is -2.24. The van der Waals surface area contributed by atoms with E-state index in [0.717, 1.165) is 36.2 Å². The van der Waals surface area contributed by atoms with E-state index < -0.39 is 4.92 Å². The van der Waals surface area contributed by atoms with Gasteiger partial charge in [0.25, 0.3) is 5.69 Å². The van der Waals surface area contributed by atoms with Gasteiger partial charge in [-0.15, -0.1) is 0 Å². The summed E-state index contributed by atoms with van der Waals surface area (Å²) in [5.74, 6) is 0.936. The number of non-ortho nitro benzene ring substituents is 1. The van der Waals surface area contributed by atoms with Crippen LogP contribution in [0, 0.1) is 27.9 Å². The Kier molecular flexibility index (Phi) is 6.69. The average molecular weight is 433 g/mol. The number of fused-ring (bicyclic) bond motifs is 2. The highest BCUT2D eigenvalue weighted by atomic mass is 16.6. The molecule has 0 radical (unpaired) electrons. The fourth-order valence-electron chi connectivity index (χ4n) is 4.58. The zero-order chi connectivity index (χ0) is 22.5. The van der Waals surface area contributed by atoms with E-state index in [9.17, 15) is 14.9 Å². The van der Waals surface area contributed by atoms with E-state index in [1.54, 1.807) is 12.1 Å². The van der Waals surface area contributed by atoms with Crippen molar-refractivity contribution in [3.63, 3.8) is 0 Å². The largest absolute Gasteiger partial charge is 0.464 e. The van der Waals surface area contributed by atoms with Gasteiger partial charge in [0.15, 0.2) is 0 Å². The summed E-state index contributed by atoms with van der Waals surface area (Å²) in [7, 11) is 0. The van der Waals surface area contributed by atoms with Gasteiger partial charge in [0.2, 0.25) is 0 Å². The Balaban J connectivity index is 1.28. The summed E-state index contributed by atoms with van der Waals surface area (Å²) in [6.45, 7) is 3.97. The van der Waals surface area contributed by atoms with Gasteiger partial charge < -0.3 is 9.64 Å². The van der Waals surface area contributed by atoms with Crippen LogP contribution in [0.15, 0.2) is 60.7 Å². The van der Waals surface area contributed by atoms with Gasteiger partial charge >= 0.3 is 5.97 Å². The molecule has 6 heteroatoms. The normalized spacial score (nSPS) is 21.2. The Morgan fingerprint density at radius 3 is 2.25 bits per heavy atom. The smallest absolute Gasteiger partial charge is 0.309 e. The zero-order valence-corrected chi connectivity index (χ0v) is 18.2. The fourth-order valence-corrected chi connectivity index (χ4v) is 4.58. The monoisotopic (exact) mass is 432 g/mol. The predicted molar refractivity (Wildman–Crippen MR) is 126 cm³/mol. The van der Waals surface area contributed by atoms with Gasteiger partial charge in [0.1, 0.15) is 6.61 Å². The summed E-state index contributed by atoms with van der Waals surface area (Å²) in [5, 5.41) is 10.7. The minimum atomic E-state index is -0.400. The lowest BCUT2D eigenvalue weighted by molar-refractivity contribution is -0.384. The molecule has 0 heterocycles. The molecule has 1 saturated carbocycles. The van der Waals surface area contributed by atoms with E-state index in [1.165, 1.54) is 12.1 Å². The summed E-state index contributed by atoms with van der Waals surface area (Å²) in [6, 6.07) is 14.7. The first-order valence-electron chi connectivity index (χ1n) is 11.2. The zero-order valence-electron chi connectivity index (χ0n) is 18.2. The number of nitro groups is 1. The first kappa shape index (κ1) is 21.8. The van der Waals surface area contributed by atoms with Crippen LogP contribution in [0.2, 0.25) is 0 Å². The number of carbonyl (C=O) groups is 1. The van der Waals surface area contributed by atoms with Gasteiger partial charge in [-0.05, 0) is 67.0 Å². The van der Waals surface area contributed by atoms with Crippen LogP contribution in [0.5, 0.6) is 0 Å². The molecule has 0 amide bonds. The molecular formula is C26H28N2O4. The van der Waals surface area contributed by atoms with Crippen molar-refractivity contribution in [1.82, 2.24) is 0 Å². The summed E-state index contributed by atoms with van der Waals surface area (Å²) >= 11 is 0. The number of esters is 1. The van der Waals surface area contributed by atoms with Crippen molar-refractivity contribution in [3.8, 4) is 0 Å². The molecule has 0 spiro atoms. The van der Waals surface area contributed by atoms with Crippen LogP contribution in [0.25, 0.3) is 12.2 Å². The van der Waals surface area contributed by atoms with Gasteiger partial charge in [-0.1, -0.05) is 36.4 Å². The second-order valence-electron chi connectivity index (χ2n) is 8.41. The van der Waals surface area contributed by atoms with Crippen LogP contribution < -0.4 is 4.90 Å². The first-order valence-corrected chi connectivity index (χ1v) is 11.2. The van der Waals surface area contributed by atoms with Crippen molar-refractivity contribution >= 4 is 29.5 Å². The number of hydrogen-bond acceptors (Lipinski definition) is 5. The van der Waals surface area contributed by atoms with Crippen molar-refractivity contribution < 1.29 is 14.5 Å². The van der Waals surface area contributed by atoms with Crippen molar-refractivity contribution in [3.05, 3.63) is 81.9 Å². The van der Waals surface area contributed by atoms with Crippen molar-refractivity contribution in [1.29, 1.82) is 0 Å². The summed E-state index contributed by atoms with van der Waals surface area (Å²) in [6.07, 6.45) is 10.4. The molecule has 0 aliphatic heterocycles. The van der Waals surface area contributed by atoms with Crippen LogP contribution in [0.4, 0.5) is 11.4 Å². The van der Waals surface area contributed by atoms with E-state index in [1.807, 2.05) is 24.3 Å². The van der Waals surface area contributed by atoms with Crippen LogP contribution in [-0.4, -0.2) is 30.6 Å². The minimum absolute atomic E-state index is 0.0434. The highest BCUT2D eigenvalue weighted by Gasteiger charge is 2.40.